The largest absolute Gasteiger partial charge is 0.480 e. The lowest BCUT2D eigenvalue weighted by molar-refractivity contribution is -0.134. The van der Waals surface area contributed by atoms with Crippen LogP contribution in [-0.2, 0) is 19.4 Å². The van der Waals surface area contributed by atoms with E-state index in [2.05, 4.69) is 0 Å². The second-order valence-electron chi connectivity index (χ2n) is 3.70. The maximum atomic E-state index is 11.2. The van der Waals surface area contributed by atoms with Crippen molar-refractivity contribution >= 4 is 15.8 Å². The smallest absolute Gasteiger partial charge is 0.318 e. The third kappa shape index (κ3) is 5.93. The number of carboxylic acid groups (broad SMARTS) is 1. The van der Waals surface area contributed by atoms with Gasteiger partial charge in [-0.05, 0) is 20.3 Å². The fourth-order valence-corrected chi connectivity index (χ4v) is 2.09. The number of aliphatic carboxylic acids is 1. The first-order valence-corrected chi connectivity index (χ1v) is 5.98. The Kier molecular flexibility index (Phi) is 4.54. The molecule has 0 aromatic carbocycles. The highest BCUT2D eigenvalue weighted by Gasteiger charge is 2.22. The van der Waals surface area contributed by atoms with Crippen LogP contribution in [-0.4, -0.2) is 43.7 Å². The molecule has 0 aliphatic heterocycles. The van der Waals surface area contributed by atoms with Crippen LogP contribution in [0.3, 0.4) is 0 Å². The standard InChI is InChI=1S/C8H16O5S/c1-8(2,13-3)4-5-14(11,12)6-7(9)10/h4-6H2,1-3H3,(H,9,10). The van der Waals surface area contributed by atoms with Gasteiger partial charge in [0.05, 0.1) is 11.4 Å². The molecule has 0 amide bonds. The molecule has 14 heavy (non-hydrogen) atoms. The van der Waals surface area contributed by atoms with E-state index < -0.39 is 27.2 Å². The Balaban J connectivity index is 4.20. The first-order valence-electron chi connectivity index (χ1n) is 4.16. The Morgan fingerprint density at radius 2 is 1.93 bits per heavy atom. The number of ether oxygens (including phenoxy) is 1. The van der Waals surface area contributed by atoms with Crippen LogP contribution in [0.5, 0.6) is 0 Å². The van der Waals surface area contributed by atoms with Crippen LogP contribution >= 0.6 is 0 Å². The maximum Gasteiger partial charge on any atom is 0.318 e. The first-order chi connectivity index (χ1) is 6.18. The highest BCUT2D eigenvalue weighted by molar-refractivity contribution is 7.92. The molecule has 1 N–H and O–H groups in total. The van der Waals surface area contributed by atoms with Crippen molar-refractivity contribution < 1.29 is 23.1 Å². The van der Waals surface area contributed by atoms with Crippen LogP contribution in [0.1, 0.15) is 20.3 Å². The summed E-state index contributed by atoms with van der Waals surface area (Å²) in [5.74, 6) is -2.30. The van der Waals surface area contributed by atoms with Crippen LogP contribution in [0, 0.1) is 0 Å². The van der Waals surface area contributed by atoms with E-state index in [4.69, 9.17) is 9.84 Å². The Morgan fingerprint density at radius 3 is 2.29 bits per heavy atom. The molecule has 0 radical (unpaired) electrons. The quantitative estimate of drug-likeness (QED) is 0.702. The van der Waals surface area contributed by atoms with E-state index in [1.54, 1.807) is 13.8 Å². The van der Waals surface area contributed by atoms with E-state index in [9.17, 15) is 13.2 Å². The predicted molar refractivity (Wildman–Crippen MR) is 52.0 cm³/mol. The van der Waals surface area contributed by atoms with Crippen molar-refractivity contribution in [1.82, 2.24) is 0 Å². The van der Waals surface area contributed by atoms with Gasteiger partial charge in [0.25, 0.3) is 0 Å². The van der Waals surface area contributed by atoms with Gasteiger partial charge in [-0.3, -0.25) is 4.79 Å². The summed E-state index contributed by atoms with van der Waals surface area (Å²) in [5, 5.41) is 8.33. The number of hydrogen-bond donors (Lipinski definition) is 1. The molecule has 0 aromatic heterocycles. The van der Waals surface area contributed by atoms with Crippen LogP contribution in [0.15, 0.2) is 0 Å². The maximum absolute atomic E-state index is 11.2. The van der Waals surface area contributed by atoms with Gasteiger partial charge in [-0.15, -0.1) is 0 Å². The van der Waals surface area contributed by atoms with Crippen LogP contribution < -0.4 is 0 Å². The van der Waals surface area contributed by atoms with Crippen molar-refractivity contribution in [1.29, 1.82) is 0 Å². The van der Waals surface area contributed by atoms with E-state index in [0.717, 1.165) is 0 Å². The number of carbonyl (C=O) groups is 1. The van der Waals surface area contributed by atoms with E-state index in [1.807, 2.05) is 0 Å². The normalized spacial score (nSPS) is 12.8. The lowest BCUT2D eigenvalue weighted by atomic mass is 10.1. The fraction of sp³-hybridized carbons (Fsp3) is 0.875. The molecule has 0 atom stereocenters. The molecular formula is C8H16O5S. The summed E-state index contributed by atoms with van der Waals surface area (Å²) >= 11 is 0. The SMILES string of the molecule is COC(C)(C)CCS(=O)(=O)CC(=O)O. The van der Waals surface area contributed by atoms with Crippen molar-refractivity contribution in [2.24, 2.45) is 0 Å². The van der Waals surface area contributed by atoms with Crippen LogP contribution in [0.4, 0.5) is 0 Å². The number of sulfone groups is 1. The molecule has 84 valence electrons. The summed E-state index contributed by atoms with van der Waals surface area (Å²) in [5.41, 5.74) is -0.536. The molecular weight excluding hydrogens is 208 g/mol. The molecule has 0 aliphatic rings. The molecule has 0 heterocycles. The fourth-order valence-electron chi connectivity index (χ4n) is 0.764. The highest BCUT2D eigenvalue weighted by Crippen LogP contribution is 2.14. The predicted octanol–water partition coefficient (Wildman–Crippen LogP) is 0.301. The number of methoxy groups -OCH3 is 1. The Morgan fingerprint density at radius 1 is 1.43 bits per heavy atom. The van der Waals surface area contributed by atoms with Gasteiger partial charge in [-0.2, -0.15) is 0 Å². The third-order valence-corrected chi connectivity index (χ3v) is 3.42. The molecule has 5 nitrogen and oxygen atoms in total. The third-order valence-electron chi connectivity index (χ3n) is 1.91. The van der Waals surface area contributed by atoms with E-state index in [1.165, 1.54) is 7.11 Å². The van der Waals surface area contributed by atoms with E-state index in [-0.39, 0.29) is 5.75 Å². The molecule has 0 fully saturated rings. The van der Waals surface area contributed by atoms with Gasteiger partial charge in [-0.1, -0.05) is 0 Å². The van der Waals surface area contributed by atoms with Gasteiger partial charge in [0.2, 0.25) is 0 Å². The molecule has 0 aromatic rings. The molecule has 0 saturated heterocycles. The van der Waals surface area contributed by atoms with Gasteiger partial charge in [0.15, 0.2) is 9.84 Å². The van der Waals surface area contributed by atoms with Crippen molar-refractivity contribution in [3.63, 3.8) is 0 Å². The molecule has 0 saturated carbocycles. The van der Waals surface area contributed by atoms with E-state index in [0.29, 0.717) is 6.42 Å². The average molecular weight is 224 g/mol. The second-order valence-corrected chi connectivity index (χ2v) is 5.88. The van der Waals surface area contributed by atoms with Crippen LogP contribution in [0.2, 0.25) is 0 Å². The molecule has 6 heteroatoms. The zero-order valence-corrected chi connectivity index (χ0v) is 9.43. The number of hydrogen-bond acceptors (Lipinski definition) is 4. The summed E-state index contributed by atoms with van der Waals surface area (Å²) in [6, 6.07) is 0. The highest BCUT2D eigenvalue weighted by atomic mass is 32.2. The minimum atomic E-state index is -3.50. The number of rotatable bonds is 6. The molecule has 0 rings (SSSR count). The summed E-state index contributed by atoms with van der Waals surface area (Å²) in [4.78, 5) is 10.2. The van der Waals surface area contributed by atoms with Crippen molar-refractivity contribution in [3.8, 4) is 0 Å². The van der Waals surface area contributed by atoms with E-state index >= 15 is 0 Å². The lowest BCUT2D eigenvalue weighted by Gasteiger charge is -2.22. The average Bonchev–Trinajstić information content (AvgIpc) is 1.99. The van der Waals surface area contributed by atoms with Gasteiger partial charge in [-0.25, -0.2) is 8.42 Å². The monoisotopic (exact) mass is 224 g/mol. The zero-order valence-electron chi connectivity index (χ0n) is 8.61. The minimum absolute atomic E-state index is 0.167. The molecule has 0 bridgehead atoms. The summed E-state index contributed by atoms with van der Waals surface area (Å²) in [6.07, 6.45) is 0.291. The molecule has 0 aliphatic carbocycles. The Bertz CT molecular complexity index is 291. The summed E-state index contributed by atoms with van der Waals surface area (Å²) in [7, 11) is -2.01. The second kappa shape index (κ2) is 4.75. The minimum Gasteiger partial charge on any atom is -0.480 e. The van der Waals surface area contributed by atoms with Crippen molar-refractivity contribution in [2.75, 3.05) is 18.6 Å². The summed E-state index contributed by atoms with van der Waals surface area (Å²) in [6.45, 7) is 3.51. The Labute approximate surface area is 84.0 Å². The number of carboxylic acids is 1. The Hall–Kier alpha value is -0.620. The first kappa shape index (κ1) is 13.4. The topological polar surface area (TPSA) is 80.7 Å². The molecule has 0 unspecified atom stereocenters. The van der Waals surface area contributed by atoms with Crippen LogP contribution in [0.25, 0.3) is 0 Å². The lowest BCUT2D eigenvalue weighted by Crippen LogP contribution is -2.28. The van der Waals surface area contributed by atoms with Gasteiger partial charge >= 0.3 is 5.97 Å². The van der Waals surface area contributed by atoms with Crippen molar-refractivity contribution in [3.05, 3.63) is 0 Å². The molecule has 0 spiro atoms. The van der Waals surface area contributed by atoms with Crippen molar-refractivity contribution in [2.45, 2.75) is 25.9 Å². The van der Waals surface area contributed by atoms with Gasteiger partial charge in [0.1, 0.15) is 5.75 Å². The summed E-state index contributed by atoms with van der Waals surface area (Å²) < 4.78 is 27.4. The van der Waals surface area contributed by atoms with Gasteiger partial charge in [0, 0.05) is 7.11 Å². The van der Waals surface area contributed by atoms with Gasteiger partial charge < -0.3 is 9.84 Å². The zero-order chi connectivity index (χ0) is 11.4.